The van der Waals surface area contributed by atoms with Gasteiger partial charge < -0.3 is 16.0 Å². The van der Waals surface area contributed by atoms with Crippen LogP contribution in [-0.4, -0.2) is 57.0 Å². The number of hydrogen-bond donors (Lipinski definition) is 2. The molecule has 0 bridgehead atoms. The van der Waals surface area contributed by atoms with Crippen LogP contribution in [0.5, 0.6) is 0 Å². The maximum atomic E-state index is 12.0. The first-order valence-electron chi connectivity index (χ1n) is 8.20. The lowest BCUT2D eigenvalue weighted by Gasteiger charge is -2.16. The van der Waals surface area contributed by atoms with Crippen molar-refractivity contribution in [2.75, 3.05) is 31.1 Å². The predicted octanol–water partition coefficient (Wildman–Crippen LogP) is 0.443. The lowest BCUT2D eigenvalue weighted by atomic mass is 10.2. The molecule has 1 aliphatic rings. The molecule has 1 aliphatic heterocycles. The van der Waals surface area contributed by atoms with Crippen LogP contribution in [0, 0.1) is 0 Å². The van der Waals surface area contributed by atoms with Crippen molar-refractivity contribution < 1.29 is 4.79 Å². The Morgan fingerprint density at radius 2 is 2.00 bits per heavy atom. The summed E-state index contributed by atoms with van der Waals surface area (Å²) in [7, 11) is 0. The van der Waals surface area contributed by atoms with Crippen molar-refractivity contribution in [1.29, 1.82) is 0 Å². The number of aromatic nitrogens is 5. The van der Waals surface area contributed by atoms with Gasteiger partial charge in [-0.05, 0) is 12.8 Å². The molecule has 9 nitrogen and oxygen atoms in total. The van der Waals surface area contributed by atoms with Crippen LogP contribution in [0.1, 0.15) is 29.0 Å². The fraction of sp³-hybridized carbons (Fsp3) is 0.533. The fourth-order valence-electron chi connectivity index (χ4n) is 2.68. The molecule has 0 atom stereocenters. The van der Waals surface area contributed by atoms with Crippen LogP contribution in [0.2, 0.25) is 0 Å². The third-order valence-electron chi connectivity index (χ3n) is 3.94. The maximum absolute atomic E-state index is 12.0. The van der Waals surface area contributed by atoms with E-state index in [0.717, 1.165) is 24.6 Å². The molecule has 0 unspecified atom stereocenters. The van der Waals surface area contributed by atoms with Crippen LogP contribution in [0.15, 0.2) is 18.6 Å². The number of nitrogens with two attached hydrogens (primary N) is 1. The number of carbonyl (C=O) groups excluding carboxylic acids is 1. The van der Waals surface area contributed by atoms with E-state index in [1.165, 1.54) is 12.8 Å². The smallest absolute Gasteiger partial charge is 0.273 e. The van der Waals surface area contributed by atoms with Gasteiger partial charge in [0.15, 0.2) is 5.69 Å². The van der Waals surface area contributed by atoms with Gasteiger partial charge in [0.05, 0.1) is 12.7 Å². The molecule has 0 aromatic carbocycles. The highest BCUT2D eigenvalue weighted by molar-refractivity contribution is 5.91. The van der Waals surface area contributed by atoms with Crippen molar-refractivity contribution in [2.45, 2.75) is 25.8 Å². The maximum Gasteiger partial charge on any atom is 0.273 e. The van der Waals surface area contributed by atoms with Gasteiger partial charge in [0.2, 0.25) is 0 Å². The summed E-state index contributed by atoms with van der Waals surface area (Å²) in [6.07, 6.45) is 6.24. The van der Waals surface area contributed by atoms with E-state index < -0.39 is 0 Å². The van der Waals surface area contributed by atoms with Crippen molar-refractivity contribution in [1.82, 2.24) is 30.3 Å². The summed E-state index contributed by atoms with van der Waals surface area (Å²) in [5.41, 5.74) is 6.65. The molecule has 1 saturated heterocycles. The van der Waals surface area contributed by atoms with Gasteiger partial charge >= 0.3 is 0 Å². The molecule has 3 heterocycles. The van der Waals surface area contributed by atoms with E-state index in [1.807, 2.05) is 6.07 Å². The Labute approximate surface area is 164 Å². The molecule has 144 valence electrons. The molecular formula is C15H24Cl2N8O. The van der Waals surface area contributed by atoms with E-state index in [4.69, 9.17) is 5.73 Å². The van der Waals surface area contributed by atoms with Crippen molar-refractivity contribution in [3.8, 4) is 0 Å². The van der Waals surface area contributed by atoms with E-state index in [0.29, 0.717) is 31.7 Å². The van der Waals surface area contributed by atoms with Gasteiger partial charge in [-0.15, -0.1) is 29.9 Å². The van der Waals surface area contributed by atoms with Crippen LogP contribution in [0.3, 0.4) is 0 Å². The Morgan fingerprint density at radius 1 is 1.23 bits per heavy atom. The number of amides is 1. The Bertz CT molecular complexity index is 690. The fourth-order valence-corrected chi connectivity index (χ4v) is 2.68. The minimum absolute atomic E-state index is 0. The van der Waals surface area contributed by atoms with Crippen LogP contribution in [-0.2, 0) is 13.0 Å². The molecule has 3 N–H and O–H groups in total. The van der Waals surface area contributed by atoms with Crippen LogP contribution in [0.25, 0.3) is 0 Å². The molecule has 11 heteroatoms. The Kier molecular flexibility index (Phi) is 9.25. The quantitative estimate of drug-likeness (QED) is 0.690. The highest BCUT2D eigenvalue weighted by atomic mass is 35.5. The molecule has 0 spiro atoms. The highest BCUT2D eigenvalue weighted by Gasteiger charge is 2.14. The third-order valence-corrected chi connectivity index (χ3v) is 3.94. The van der Waals surface area contributed by atoms with Crippen molar-refractivity contribution in [3.63, 3.8) is 0 Å². The number of nitrogens with zero attached hydrogens (tertiary/aromatic N) is 6. The summed E-state index contributed by atoms with van der Waals surface area (Å²) in [5.74, 6) is 0.723. The van der Waals surface area contributed by atoms with Crippen LogP contribution in [0.4, 0.5) is 5.82 Å². The van der Waals surface area contributed by atoms with Crippen LogP contribution >= 0.6 is 24.8 Å². The Hall–Kier alpha value is -1.97. The van der Waals surface area contributed by atoms with E-state index >= 15 is 0 Å². The highest BCUT2D eigenvalue weighted by Crippen LogP contribution is 2.17. The zero-order valence-electron chi connectivity index (χ0n) is 14.4. The van der Waals surface area contributed by atoms with Gasteiger partial charge in [0.25, 0.3) is 5.91 Å². The molecule has 3 rings (SSSR count). The molecular weight excluding hydrogens is 379 g/mol. The second-order valence-corrected chi connectivity index (χ2v) is 5.72. The second-order valence-electron chi connectivity index (χ2n) is 5.72. The van der Waals surface area contributed by atoms with Crippen molar-refractivity contribution in [3.05, 3.63) is 30.0 Å². The molecule has 0 radical (unpaired) electrons. The first-order chi connectivity index (χ1) is 11.8. The van der Waals surface area contributed by atoms with Gasteiger partial charge in [0, 0.05) is 44.4 Å². The van der Waals surface area contributed by atoms with E-state index in [-0.39, 0.29) is 30.7 Å². The van der Waals surface area contributed by atoms with Crippen molar-refractivity contribution in [2.24, 2.45) is 5.73 Å². The van der Waals surface area contributed by atoms with Gasteiger partial charge in [-0.2, -0.15) is 0 Å². The standard InChI is InChI=1S/C15H22N8O.2ClH/c16-4-8-23-10-13(20-21-23)15(24)17-5-3-12-9-14(19-11-18-12)22-6-1-2-7-22;;/h9-11H,1-8,16H2,(H,17,24);2*1H. The average Bonchev–Trinajstić information content (AvgIpc) is 3.27. The minimum atomic E-state index is -0.243. The molecule has 2 aromatic rings. The molecule has 1 amide bonds. The zero-order valence-corrected chi connectivity index (χ0v) is 16.0. The topological polar surface area (TPSA) is 115 Å². The zero-order chi connectivity index (χ0) is 16.8. The number of rotatable bonds is 7. The molecule has 1 fully saturated rings. The number of halogens is 2. The number of hydrogen-bond acceptors (Lipinski definition) is 7. The predicted molar refractivity (Wildman–Crippen MR) is 103 cm³/mol. The Morgan fingerprint density at radius 3 is 2.73 bits per heavy atom. The third kappa shape index (κ3) is 5.79. The lowest BCUT2D eigenvalue weighted by Crippen LogP contribution is -2.26. The second kappa shape index (κ2) is 10.9. The number of anilines is 1. The van der Waals surface area contributed by atoms with Gasteiger partial charge in [-0.3, -0.25) is 9.48 Å². The molecule has 0 saturated carbocycles. The summed E-state index contributed by atoms with van der Waals surface area (Å²) in [6.45, 7) is 3.58. The summed E-state index contributed by atoms with van der Waals surface area (Å²) in [5, 5.41) is 10.5. The minimum Gasteiger partial charge on any atom is -0.357 e. The monoisotopic (exact) mass is 402 g/mol. The molecule has 0 aliphatic carbocycles. The summed E-state index contributed by atoms with van der Waals surface area (Å²) in [4.78, 5) is 22.9. The van der Waals surface area contributed by atoms with Crippen molar-refractivity contribution >= 4 is 36.5 Å². The van der Waals surface area contributed by atoms with Gasteiger partial charge in [-0.1, -0.05) is 5.21 Å². The normalized spacial score (nSPS) is 13.0. The lowest BCUT2D eigenvalue weighted by molar-refractivity contribution is 0.0949. The summed E-state index contributed by atoms with van der Waals surface area (Å²) < 4.78 is 1.56. The first-order valence-corrected chi connectivity index (χ1v) is 8.20. The molecule has 2 aromatic heterocycles. The SMILES string of the molecule is Cl.Cl.NCCn1cc(C(=O)NCCc2cc(N3CCCC3)ncn2)nn1. The summed E-state index contributed by atoms with van der Waals surface area (Å²) in [6, 6.07) is 2.00. The van der Waals surface area contributed by atoms with E-state index in [9.17, 15) is 4.79 Å². The largest absolute Gasteiger partial charge is 0.357 e. The van der Waals surface area contributed by atoms with E-state index in [1.54, 1.807) is 17.2 Å². The number of carbonyl (C=O) groups is 1. The number of nitrogens with one attached hydrogen (secondary N) is 1. The van der Waals surface area contributed by atoms with E-state index in [2.05, 4.69) is 30.5 Å². The Balaban J connectivity index is 0.00000169. The van der Waals surface area contributed by atoms with Crippen LogP contribution < -0.4 is 16.0 Å². The van der Waals surface area contributed by atoms with Gasteiger partial charge in [-0.25, -0.2) is 9.97 Å². The molecule has 26 heavy (non-hydrogen) atoms. The first kappa shape index (κ1) is 22.1. The summed E-state index contributed by atoms with van der Waals surface area (Å²) >= 11 is 0. The average molecular weight is 403 g/mol. The van der Waals surface area contributed by atoms with Gasteiger partial charge in [0.1, 0.15) is 12.1 Å².